The van der Waals surface area contributed by atoms with Crippen molar-refractivity contribution < 1.29 is 22.8 Å². The number of hydrogen-bond donors (Lipinski definition) is 1. The van der Waals surface area contributed by atoms with Gasteiger partial charge in [-0.1, -0.05) is 18.2 Å². The molecule has 2 saturated heterocycles. The molecule has 3 atom stereocenters. The molecule has 1 saturated carbocycles. The van der Waals surface area contributed by atoms with E-state index in [0.717, 1.165) is 31.0 Å². The van der Waals surface area contributed by atoms with E-state index >= 15 is 4.39 Å². The van der Waals surface area contributed by atoms with Gasteiger partial charge in [-0.05, 0) is 53.1 Å². The summed E-state index contributed by atoms with van der Waals surface area (Å²) < 4.78 is 41.8. The second-order valence-electron chi connectivity index (χ2n) is 11.9. The lowest BCUT2D eigenvalue weighted by Crippen LogP contribution is -2.56. The van der Waals surface area contributed by atoms with E-state index in [0.29, 0.717) is 49.8 Å². The lowest BCUT2D eigenvalue weighted by atomic mass is 9.76. The Bertz CT molecular complexity index is 1350. The molecule has 4 heterocycles. The molecule has 1 spiro atoms. The van der Waals surface area contributed by atoms with Gasteiger partial charge in [-0.15, -0.1) is 0 Å². The number of hydrogen-bond acceptors (Lipinski definition) is 6. The van der Waals surface area contributed by atoms with E-state index in [1.807, 2.05) is 16.8 Å². The largest absolute Gasteiger partial charge is 0.363 e. The topological polar surface area (TPSA) is 81.7 Å². The molecule has 214 valence electrons. The molecule has 1 aliphatic carbocycles. The molecule has 3 aliphatic heterocycles. The van der Waals surface area contributed by atoms with Crippen molar-refractivity contribution >= 4 is 17.6 Å². The molecular formula is C29H35F3N6O2. The minimum absolute atomic E-state index is 0.0304. The van der Waals surface area contributed by atoms with Gasteiger partial charge in [0.2, 0.25) is 11.8 Å². The van der Waals surface area contributed by atoms with Gasteiger partial charge in [0.15, 0.2) is 0 Å². The van der Waals surface area contributed by atoms with Gasteiger partial charge >= 0.3 is 0 Å². The molecule has 0 radical (unpaired) electrons. The van der Waals surface area contributed by atoms with E-state index in [1.54, 1.807) is 13.8 Å². The van der Waals surface area contributed by atoms with Crippen molar-refractivity contribution in [3.63, 3.8) is 0 Å². The fourth-order valence-corrected chi connectivity index (χ4v) is 6.68. The number of benzene rings is 1. The number of carbonyl (C=O) groups excluding carboxylic acids is 2. The molecule has 0 bridgehead atoms. The minimum Gasteiger partial charge on any atom is -0.363 e. The summed E-state index contributed by atoms with van der Waals surface area (Å²) >= 11 is 0. The molecule has 8 nitrogen and oxygen atoms in total. The number of nitrogens with zero attached hydrogens (tertiary/aromatic N) is 5. The number of rotatable bonds is 6. The molecule has 3 fully saturated rings. The lowest BCUT2D eigenvalue weighted by molar-refractivity contribution is -0.142. The zero-order chi connectivity index (χ0) is 28.3. The van der Waals surface area contributed by atoms with Gasteiger partial charge in [0.25, 0.3) is 6.43 Å². The average Bonchev–Trinajstić information content (AvgIpc) is 3.52. The molecule has 1 N–H and O–H groups in total. The number of halogens is 3. The van der Waals surface area contributed by atoms with Crippen LogP contribution in [-0.2, 0) is 21.5 Å². The number of nitrogens with one attached hydrogen (secondary N) is 1. The highest BCUT2D eigenvalue weighted by atomic mass is 19.3. The average molecular weight is 557 g/mol. The molecule has 11 heteroatoms. The maximum Gasteiger partial charge on any atom is 0.266 e. The maximum atomic E-state index is 15.0. The Balaban J connectivity index is 1.36. The zero-order valence-electron chi connectivity index (χ0n) is 23.1. The van der Waals surface area contributed by atoms with Gasteiger partial charge in [0.05, 0.1) is 29.9 Å². The molecule has 1 unspecified atom stereocenters. The molecule has 40 heavy (non-hydrogen) atoms. The monoisotopic (exact) mass is 556 g/mol. The predicted octanol–water partition coefficient (Wildman–Crippen LogP) is 3.96. The van der Waals surface area contributed by atoms with Crippen LogP contribution in [0.3, 0.4) is 0 Å². The number of alkyl halides is 2. The first kappa shape index (κ1) is 27.0. The summed E-state index contributed by atoms with van der Waals surface area (Å²) in [5.74, 6) is 0.367. The van der Waals surface area contributed by atoms with E-state index in [9.17, 15) is 18.4 Å². The Hall–Kier alpha value is -3.21. The number of likely N-dealkylation sites (N-methyl/N-ethyl adjacent to an activating group) is 1. The number of anilines is 1. The van der Waals surface area contributed by atoms with Gasteiger partial charge in [-0.2, -0.15) is 0 Å². The summed E-state index contributed by atoms with van der Waals surface area (Å²) in [6.45, 7) is 6.14. The molecule has 1 aromatic heterocycles. The maximum absolute atomic E-state index is 15.0. The van der Waals surface area contributed by atoms with E-state index in [2.05, 4.69) is 15.2 Å². The van der Waals surface area contributed by atoms with Gasteiger partial charge < -0.3 is 20.0 Å². The third-order valence-electron chi connectivity index (χ3n) is 8.99. The zero-order valence-corrected chi connectivity index (χ0v) is 23.1. The van der Waals surface area contributed by atoms with Crippen LogP contribution in [-0.4, -0.2) is 75.8 Å². The molecule has 1 aromatic carbocycles. The Morgan fingerprint density at radius 3 is 2.58 bits per heavy atom. The molecular weight excluding hydrogens is 521 g/mol. The molecule has 2 aromatic rings. The van der Waals surface area contributed by atoms with Gasteiger partial charge in [-0.3, -0.25) is 9.59 Å². The van der Waals surface area contributed by atoms with Crippen molar-refractivity contribution in [1.82, 2.24) is 24.7 Å². The van der Waals surface area contributed by atoms with E-state index in [4.69, 9.17) is 4.98 Å². The lowest BCUT2D eigenvalue weighted by Gasteiger charge is -2.43. The van der Waals surface area contributed by atoms with Crippen LogP contribution in [0.2, 0.25) is 0 Å². The van der Waals surface area contributed by atoms with Crippen LogP contribution in [0, 0.1) is 18.7 Å². The Morgan fingerprint density at radius 1 is 1.15 bits per heavy atom. The first-order chi connectivity index (χ1) is 19.1. The van der Waals surface area contributed by atoms with Crippen LogP contribution in [0.4, 0.5) is 19.0 Å². The second kappa shape index (κ2) is 10.0. The first-order valence-electron chi connectivity index (χ1n) is 14.1. The van der Waals surface area contributed by atoms with Crippen molar-refractivity contribution in [3.05, 3.63) is 52.2 Å². The fourth-order valence-electron chi connectivity index (χ4n) is 6.68. The standard InChI is InChI=1S/C29H35F3N6O2/c1-16(20-5-4-6-21(23(20)30)25(31)32)33-26-22-14-38(19-9-11-37(13-19)27(39)18-7-8-18)28(40)29(10-12-36(3)15-29)24(22)34-17(2)35-26/h4-6,16,18-19,25H,7-15H2,1-3H3,(H,33,34,35)/t16-,19-,29?/m1/s1. The van der Waals surface area contributed by atoms with Crippen molar-refractivity contribution in [2.45, 2.75) is 70.0 Å². The third kappa shape index (κ3) is 4.52. The van der Waals surface area contributed by atoms with Crippen molar-refractivity contribution in [1.29, 1.82) is 0 Å². The summed E-state index contributed by atoms with van der Waals surface area (Å²) in [5, 5.41) is 3.28. The van der Waals surface area contributed by atoms with E-state index < -0.39 is 29.3 Å². The van der Waals surface area contributed by atoms with Gasteiger partial charge in [0, 0.05) is 36.7 Å². The van der Waals surface area contributed by atoms with Crippen LogP contribution in [0.1, 0.15) is 73.3 Å². The SMILES string of the molecule is Cc1nc(N[C@H](C)c2cccc(C(F)F)c2F)c2c(n1)C1(CCN(C)C1)C(=O)N([C@@H]1CCN(C(=O)C3CC3)C1)C2. The van der Waals surface area contributed by atoms with Crippen molar-refractivity contribution in [3.8, 4) is 0 Å². The fraction of sp³-hybridized carbons (Fsp3) is 0.586. The summed E-state index contributed by atoms with van der Waals surface area (Å²) in [4.78, 5) is 42.4. The number of fused-ring (bicyclic) bond motifs is 2. The summed E-state index contributed by atoms with van der Waals surface area (Å²) in [5.41, 5.74) is 0.0933. The minimum atomic E-state index is -2.92. The van der Waals surface area contributed by atoms with Crippen LogP contribution >= 0.6 is 0 Å². The quantitative estimate of drug-likeness (QED) is 0.580. The summed E-state index contributed by atoms with van der Waals surface area (Å²) in [7, 11) is 1.99. The van der Waals surface area contributed by atoms with Crippen LogP contribution in [0.5, 0.6) is 0 Å². The molecule has 4 aliphatic rings. The Kier molecular flexibility index (Phi) is 6.75. The van der Waals surface area contributed by atoms with Crippen molar-refractivity contribution in [2.24, 2.45) is 5.92 Å². The highest BCUT2D eigenvalue weighted by Crippen LogP contribution is 2.44. The summed E-state index contributed by atoms with van der Waals surface area (Å²) in [6, 6.07) is 3.24. The third-order valence-corrected chi connectivity index (χ3v) is 8.99. The second-order valence-corrected chi connectivity index (χ2v) is 11.9. The number of carbonyl (C=O) groups is 2. The smallest absolute Gasteiger partial charge is 0.266 e. The van der Waals surface area contributed by atoms with Crippen LogP contribution in [0.25, 0.3) is 0 Å². The van der Waals surface area contributed by atoms with E-state index in [-0.39, 0.29) is 35.9 Å². The van der Waals surface area contributed by atoms with Crippen molar-refractivity contribution in [2.75, 3.05) is 38.5 Å². The Labute approximate surface area is 231 Å². The number of aryl methyl sites for hydroxylation is 1. The molecule has 6 rings (SSSR count). The van der Waals surface area contributed by atoms with Crippen LogP contribution in [0.15, 0.2) is 18.2 Å². The first-order valence-corrected chi connectivity index (χ1v) is 14.1. The predicted molar refractivity (Wildman–Crippen MR) is 142 cm³/mol. The normalized spacial score (nSPS) is 25.7. The van der Waals surface area contributed by atoms with Crippen LogP contribution < -0.4 is 5.32 Å². The van der Waals surface area contributed by atoms with Gasteiger partial charge in [-0.25, -0.2) is 23.1 Å². The van der Waals surface area contributed by atoms with Gasteiger partial charge in [0.1, 0.15) is 22.9 Å². The number of aromatic nitrogens is 2. The number of likely N-dealkylation sites (tertiary alicyclic amines) is 2. The number of amides is 2. The molecule has 2 amide bonds. The highest BCUT2D eigenvalue weighted by molar-refractivity contribution is 5.91. The Morgan fingerprint density at radius 2 is 1.90 bits per heavy atom. The summed E-state index contributed by atoms with van der Waals surface area (Å²) in [6.07, 6.45) is 0.285. The highest BCUT2D eigenvalue weighted by Gasteiger charge is 2.55. The van der Waals surface area contributed by atoms with E-state index in [1.165, 1.54) is 12.1 Å².